The average molecular weight is 558 g/mol. The van der Waals surface area contributed by atoms with E-state index in [1.807, 2.05) is 39.8 Å². The van der Waals surface area contributed by atoms with E-state index in [2.05, 4.69) is 0 Å². The number of ketones is 2. The zero-order valence-electron chi connectivity index (χ0n) is 23.8. The molecule has 0 amide bonds. The predicted molar refractivity (Wildman–Crippen MR) is 151 cm³/mol. The minimum Gasteiger partial charge on any atom is -0.489 e. The third-order valence-corrected chi connectivity index (χ3v) is 8.14. The molecule has 0 fully saturated rings. The van der Waals surface area contributed by atoms with Crippen molar-refractivity contribution >= 4 is 23.5 Å². The number of aromatic carboxylic acids is 1. The Morgan fingerprint density at radius 2 is 1.32 bits per heavy atom. The van der Waals surface area contributed by atoms with Crippen LogP contribution >= 0.6 is 0 Å². The number of aliphatic carboxylic acids is 1. The highest BCUT2D eigenvalue weighted by Gasteiger charge is 2.49. The van der Waals surface area contributed by atoms with Gasteiger partial charge < -0.3 is 19.8 Å². The van der Waals surface area contributed by atoms with Crippen LogP contribution in [0.15, 0.2) is 71.1 Å². The summed E-state index contributed by atoms with van der Waals surface area (Å²) in [5, 5.41) is 18.9. The van der Waals surface area contributed by atoms with E-state index in [1.54, 1.807) is 29.2 Å². The van der Waals surface area contributed by atoms with Crippen molar-refractivity contribution < 1.29 is 34.1 Å². The molecule has 0 unspecified atom stereocenters. The molecule has 8 heteroatoms. The van der Waals surface area contributed by atoms with E-state index in [4.69, 9.17) is 9.84 Å². The molecule has 1 heterocycles. The Labute approximate surface area is 239 Å². The van der Waals surface area contributed by atoms with Crippen molar-refractivity contribution in [2.24, 2.45) is 10.8 Å². The fraction of sp³-hybridized carbons (Fsp3) is 0.394. The predicted octanol–water partition coefficient (Wildman–Crippen LogP) is 5.73. The molecule has 214 valence electrons. The van der Waals surface area contributed by atoms with Crippen LogP contribution in [0, 0.1) is 10.8 Å². The fourth-order valence-electron chi connectivity index (χ4n) is 6.37. The lowest BCUT2D eigenvalue weighted by atomic mass is 9.63. The Morgan fingerprint density at radius 1 is 0.805 bits per heavy atom. The van der Waals surface area contributed by atoms with Crippen LogP contribution in [0.3, 0.4) is 0 Å². The molecule has 5 rings (SSSR count). The van der Waals surface area contributed by atoms with Crippen molar-refractivity contribution in [1.82, 2.24) is 4.90 Å². The summed E-state index contributed by atoms with van der Waals surface area (Å²) in [7, 11) is 0. The third-order valence-electron chi connectivity index (χ3n) is 8.14. The van der Waals surface area contributed by atoms with E-state index in [0.29, 0.717) is 54.0 Å². The number of carbonyl (C=O) groups excluding carboxylic acids is 2. The molecule has 0 saturated carbocycles. The SMILES string of the molecule is CC1(C)CC(=O)C2=C(C1)N(CC(=O)O)C1=C(C(=O)CC(C)(C)C1)C2c1ccc(OCc2ccc(C(=O)O)cc2)cc1. The first-order valence-electron chi connectivity index (χ1n) is 13.8. The van der Waals surface area contributed by atoms with Gasteiger partial charge in [0.2, 0.25) is 0 Å². The average Bonchev–Trinajstić information content (AvgIpc) is 2.87. The summed E-state index contributed by atoms with van der Waals surface area (Å²) in [5.41, 5.74) is 3.65. The number of rotatable bonds is 7. The smallest absolute Gasteiger partial charge is 0.335 e. The molecule has 0 spiro atoms. The van der Waals surface area contributed by atoms with E-state index < -0.39 is 17.9 Å². The maximum atomic E-state index is 13.7. The van der Waals surface area contributed by atoms with Crippen LogP contribution in [0.5, 0.6) is 5.75 Å². The van der Waals surface area contributed by atoms with Gasteiger partial charge in [-0.25, -0.2) is 4.79 Å². The zero-order valence-corrected chi connectivity index (χ0v) is 23.8. The molecule has 41 heavy (non-hydrogen) atoms. The number of carboxylic acids is 2. The first-order chi connectivity index (χ1) is 19.2. The Kier molecular flexibility index (Phi) is 7.14. The van der Waals surface area contributed by atoms with E-state index >= 15 is 0 Å². The lowest BCUT2D eigenvalue weighted by molar-refractivity contribution is -0.138. The highest BCUT2D eigenvalue weighted by molar-refractivity contribution is 6.07. The second-order valence-electron chi connectivity index (χ2n) is 12.9. The number of carbonyl (C=O) groups is 4. The quantitative estimate of drug-likeness (QED) is 0.443. The number of hydrogen-bond donors (Lipinski definition) is 2. The summed E-state index contributed by atoms with van der Waals surface area (Å²) in [4.78, 5) is 52.3. The lowest BCUT2D eigenvalue weighted by Gasteiger charge is -2.48. The standard InChI is InChI=1S/C33H35NO7/c1-32(2)13-23-29(25(35)15-32)28(30-24(34(23)17-27(37)38)14-33(3,4)16-26(30)36)20-9-11-22(12-10-20)41-18-19-5-7-21(8-6-19)31(39)40/h5-12,28H,13-18H2,1-4H3,(H,37,38)(H,39,40). The minimum absolute atomic E-state index is 0.0500. The van der Waals surface area contributed by atoms with Crippen LogP contribution < -0.4 is 4.74 Å². The Morgan fingerprint density at radius 3 is 1.78 bits per heavy atom. The van der Waals surface area contributed by atoms with Crippen molar-refractivity contribution in [3.63, 3.8) is 0 Å². The van der Waals surface area contributed by atoms with Gasteiger partial charge in [0.15, 0.2) is 11.6 Å². The van der Waals surface area contributed by atoms with Crippen LogP contribution in [-0.4, -0.2) is 45.2 Å². The summed E-state index contributed by atoms with van der Waals surface area (Å²) in [5.74, 6) is -2.06. The first kappa shape index (κ1) is 28.3. The fourth-order valence-corrected chi connectivity index (χ4v) is 6.37. The van der Waals surface area contributed by atoms with Crippen LogP contribution in [0.2, 0.25) is 0 Å². The van der Waals surface area contributed by atoms with E-state index in [9.17, 15) is 24.3 Å². The van der Waals surface area contributed by atoms with Gasteiger partial charge in [0.1, 0.15) is 18.9 Å². The second kappa shape index (κ2) is 10.3. The van der Waals surface area contributed by atoms with Crippen LogP contribution in [0.4, 0.5) is 0 Å². The third kappa shape index (κ3) is 5.69. The molecular weight excluding hydrogens is 522 g/mol. The Bertz CT molecular complexity index is 1440. The molecule has 1 aliphatic heterocycles. The topological polar surface area (TPSA) is 121 Å². The van der Waals surface area contributed by atoms with Crippen LogP contribution in [-0.2, 0) is 21.0 Å². The minimum atomic E-state index is -1.01. The number of ether oxygens (including phenoxy) is 1. The Hall–Kier alpha value is -4.20. The number of carboxylic acid groups (broad SMARTS) is 2. The molecule has 3 aliphatic rings. The van der Waals surface area contributed by atoms with E-state index in [1.165, 1.54) is 12.1 Å². The number of nitrogens with zero attached hydrogens (tertiary/aromatic N) is 1. The van der Waals surface area contributed by atoms with Crippen LogP contribution in [0.1, 0.15) is 80.8 Å². The lowest BCUT2D eigenvalue weighted by Crippen LogP contribution is -2.45. The number of hydrogen-bond acceptors (Lipinski definition) is 6. The Balaban J connectivity index is 1.52. The highest BCUT2D eigenvalue weighted by atomic mass is 16.5. The van der Waals surface area contributed by atoms with Crippen molar-refractivity contribution in [1.29, 1.82) is 0 Å². The molecule has 0 atom stereocenters. The normalized spacial score (nSPS) is 20.0. The number of Topliss-reactive ketones (excluding diaryl/α,β-unsaturated/α-hetero) is 2. The van der Waals surface area contributed by atoms with Gasteiger partial charge in [0.25, 0.3) is 0 Å². The summed E-state index contributed by atoms with van der Waals surface area (Å²) in [6.45, 7) is 8.03. The molecule has 2 aliphatic carbocycles. The van der Waals surface area contributed by atoms with Gasteiger partial charge in [-0.05, 0) is 59.1 Å². The van der Waals surface area contributed by atoms with Gasteiger partial charge in [-0.1, -0.05) is 52.0 Å². The van der Waals surface area contributed by atoms with Gasteiger partial charge in [0, 0.05) is 41.3 Å². The number of allylic oxidation sites excluding steroid dienone is 4. The molecule has 2 aromatic carbocycles. The molecular formula is C33H35NO7. The molecule has 2 N–H and O–H groups in total. The molecule has 2 aromatic rings. The molecule has 0 radical (unpaired) electrons. The number of benzene rings is 2. The van der Waals surface area contributed by atoms with Crippen LogP contribution in [0.25, 0.3) is 0 Å². The summed E-state index contributed by atoms with van der Waals surface area (Å²) < 4.78 is 5.93. The van der Waals surface area contributed by atoms with Gasteiger partial charge in [0.05, 0.1) is 5.56 Å². The van der Waals surface area contributed by atoms with Crippen molar-refractivity contribution in [2.75, 3.05) is 6.54 Å². The van der Waals surface area contributed by atoms with E-state index in [0.717, 1.165) is 11.1 Å². The highest BCUT2D eigenvalue weighted by Crippen LogP contribution is 2.54. The molecule has 0 aromatic heterocycles. The van der Waals surface area contributed by atoms with Gasteiger partial charge in [-0.2, -0.15) is 0 Å². The zero-order chi connectivity index (χ0) is 29.7. The van der Waals surface area contributed by atoms with Crippen molar-refractivity contribution in [2.45, 2.75) is 65.9 Å². The van der Waals surface area contributed by atoms with E-state index in [-0.39, 0.29) is 41.1 Å². The maximum Gasteiger partial charge on any atom is 0.335 e. The summed E-state index contributed by atoms with van der Waals surface area (Å²) in [6.07, 6.45) is 1.75. The maximum absolute atomic E-state index is 13.7. The monoisotopic (exact) mass is 557 g/mol. The second-order valence-corrected chi connectivity index (χ2v) is 12.9. The molecule has 8 nitrogen and oxygen atoms in total. The first-order valence-corrected chi connectivity index (χ1v) is 13.8. The van der Waals surface area contributed by atoms with Gasteiger partial charge in [-0.3, -0.25) is 14.4 Å². The van der Waals surface area contributed by atoms with Gasteiger partial charge >= 0.3 is 11.9 Å². The summed E-state index contributed by atoms with van der Waals surface area (Å²) in [6, 6.07) is 13.8. The van der Waals surface area contributed by atoms with Gasteiger partial charge in [-0.15, -0.1) is 0 Å². The molecule has 0 bridgehead atoms. The van der Waals surface area contributed by atoms with Crippen molar-refractivity contribution in [3.05, 3.63) is 87.8 Å². The summed E-state index contributed by atoms with van der Waals surface area (Å²) >= 11 is 0. The molecule has 0 saturated heterocycles. The van der Waals surface area contributed by atoms with Crippen molar-refractivity contribution in [3.8, 4) is 5.75 Å². The largest absolute Gasteiger partial charge is 0.489 e.